The van der Waals surface area contributed by atoms with Crippen molar-refractivity contribution in [2.24, 2.45) is 0 Å². The summed E-state index contributed by atoms with van der Waals surface area (Å²) in [5.41, 5.74) is 2.80. The molecule has 0 spiro atoms. The number of aryl methyl sites for hydroxylation is 1. The summed E-state index contributed by atoms with van der Waals surface area (Å²) in [6.45, 7) is 2.06. The van der Waals surface area contributed by atoms with Crippen LogP contribution in [0.15, 0.2) is 18.2 Å². The minimum Gasteiger partial charge on any atom is -0.395 e. The Morgan fingerprint density at radius 2 is 2.40 bits per heavy atom. The third-order valence-corrected chi connectivity index (χ3v) is 4.55. The molecule has 3 nitrogen and oxygen atoms in total. The highest BCUT2D eigenvalue weighted by Crippen LogP contribution is 2.27. The molecule has 1 unspecified atom stereocenters. The van der Waals surface area contributed by atoms with Gasteiger partial charge in [-0.15, -0.1) is 11.8 Å². The zero-order chi connectivity index (χ0) is 14.4. The number of rotatable bonds is 3. The van der Waals surface area contributed by atoms with E-state index in [1.165, 1.54) is 0 Å². The molecule has 2 N–H and O–H groups in total. The number of hydrogen-bond acceptors (Lipinski definition) is 3. The fourth-order valence-electron chi connectivity index (χ4n) is 2.10. The van der Waals surface area contributed by atoms with E-state index in [4.69, 9.17) is 5.11 Å². The van der Waals surface area contributed by atoms with E-state index in [0.29, 0.717) is 6.42 Å². The van der Waals surface area contributed by atoms with Crippen molar-refractivity contribution in [2.75, 3.05) is 17.7 Å². The molecule has 1 fully saturated rings. The topological polar surface area (TPSA) is 49.3 Å². The van der Waals surface area contributed by atoms with Crippen LogP contribution in [0.1, 0.15) is 30.4 Å². The molecule has 1 heterocycles. The number of anilines is 1. The summed E-state index contributed by atoms with van der Waals surface area (Å²) in [5.74, 6) is 7.11. The lowest BCUT2D eigenvalue weighted by Crippen LogP contribution is -2.22. The van der Waals surface area contributed by atoms with Crippen LogP contribution in [-0.4, -0.2) is 28.6 Å². The number of aliphatic hydroxyl groups excluding tert-OH is 1. The van der Waals surface area contributed by atoms with Gasteiger partial charge < -0.3 is 10.4 Å². The smallest absolute Gasteiger partial charge is 0.237 e. The number of nitrogens with one attached hydrogen (secondary N) is 1. The second-order valence-corrected chi connectivity index (χ2v) is 6.11. The van der Waals surface area contributed by atoms with Crippen LogP contribution in [0.2, 0.25) is 0 Å². The molecule has 1 aliphatic heterocycles. The van der Waals surface area contributed by atoms with Gasteiger partial charge in [-0.2, -0.15) is 0 Å². The van der Waals surface area contributed by atoms with Crippen LogP contribution in [0, 0.1) is 18.8 Å². The fourth-order valence-corrected chi connectivity index (χ4v) is 3.26. The van der Waals surface area contributed by atoms with E-state index in [0.717, 1.165) is 35.4 Å². The molecule has 1 aromatic carbocycles. The third-order valence-electron chi connectivity index (χ3n) is 3.18. The molecule has 4 heteroatoms. The Hall–Kier alpha value is -1.44. The zero-order valence-corrected chi connectivity index (χ0v) is 12.4. The Morgan fingerprint density at radius 1 is 1.55 bits per heavy atom. The van der Waals surface area contributed by atoms with Crippen LogP contribution in [0.3, 0.4) is 0 Å². The molecule has 0 aliphatic carbocycles. The van der Waals surface area contributed by atoms with Gasteiger partial charge >= 0.3 is 0 Å². The second kappa shape index (κ2) is 7.37. The van der Waals surface area contributed by atoms with Gasteiger partial charge in [-0.25, -0.2) is 0 Å². The molecule has 106 valence electrons. The Bertz CT molecular complexity index is 539. The molecule has 1 aliphatic rings. The number of carbonyl (C=O) groups excluding carboxylic acids is 1. The lowest BCUT2D eigenvalue weighted by molar-refractivity contribution is -0.115. The number of benzene rings is 1. The van der Waals surface area contributed by atoms with E-state index < -0.39 is 0 Å². The molecule has 1 saturated heterocycles. The van der Waals surface area contributed by atoms with Crippen LogP contribution in [0.5, 0.6) is 0 Å². The summed E-state index contributed by atoms with van der Waals surface area (Å²) in [5, 5.41) is 11.8. The molecule has 20 heavy (non-hydrogen) atoms. The number of hydrogen-bond donors (Lipinski definition) is 2. The maximum atomic E-state index is 12.0. The summed E-state index contributed by atoms with van der Waals surface area (Å²) in [4.78, 5) is 12.0. The highest BCUT2D eigenvalue weighted by atomic mass is 32.2. The minimum absolute atomic E-state index is 0.0826. The zero-order valence-electron chi connectivity index (χ0n) is 11.6. The Morgan fingerprint density at radius 3 is 3.05 bits per heavy atom. The summed E-state index contributed by atoms with van der Waals surface area (Å²) in [7, 11) is 0. The van der Waals surface area contributed by atoms with E-state index in [9.17, 15) is 4.79 Å². The molecule has 2 rings (SSSR count). The molecular weight excluding hydrogens is 270 g/mol. The van der Waals surface area contributed by atoms with Crippen molar-refractivity contribution in [1.29, 1.82) is 0 Å². The first-order valence-electron chi connectivity index (χ1n) is 6.83. The lowest BCUT2D eigenvalue weighted by Gasteiger charge is -2.11. The first kappa shape index (κ1) is 15.0. The monoisotopic (exact) mass is 289 g/mol. The molecular formula is C16H19NO2S. The highest BCUT2D eigenvalue weighted by Gasteiger charge is 2.23. The van der Waals surface area contributed by atoms with Crippen LogP contribution >= 0.6 is 11.8 Å². The summed E-state index contributed by atoms with van der Waals surface area (Å²) in [6.07, 6.45) is 2.58. The molecule has 0 radical (unpaired) electrons. The maximum Gasteiger partial charge on any atom is 0.237 e. The van der Waals surface area contributed by atoms with Gasteiger partial charge in [-0.1, -0.05) is 11.8 Å². The summed E-state index contributed by atoms with van der Waals surface area (Å²) < 4.78 is 0. The second-order valence-electron chi connectivity index (χ2n) is 4.80. The van der Waals surface area contributed by atoms with Crippen LogP contribution < -0.4 is 5.32 Å². The third kappa shape index (κ3) is 4.03. The quantitative estimate of drug-likeness (QED) is 0.841. The molecule has 0 bridgehead atoms. The van der Waals surface area contributed by atoms with Gasteiger partial charge in [-0.3, -0.25) is 4.79 Å². The number of amides is 1. The number of aliphatic hydroxyl groups is 1. The van der Waals surface area contributed by atoms with Crippen molar-refractivity contribution >= 4 is 23.4 Å². The molecule has 1 atom stereocenters. The Labute approximate surface area is 124 Å². The van der Waals surface area contributed by atoms with Gasteiger partial charge in [0.1, 0.15) is 0 Å². The minimum atomic E-state index is 0.0826. The van der Waals surface area contributed by atoms with Crippen molar-refractivity contribution in [1.82, 2.24) is 0 Å². The Kier molecular flexibility index (Phi) is 5.51. The van der Waals surface area contributed by atoms with Gasteiger partial charge in [0.15, 0.2) is 0 Å². The Balaban J connectivity index is 2.01. The predicted molar refractivity (Wildman–Crippen MR) is 83.9 cm³/mol. The summed E-state index contributed by atoms with van der Waals surface area (Å²) >= 11 is 1.73. The fraction of sp³-hybridized carbons (Fsp3) is 0.438. The van der Waals surface area contributed by atoms with Crippen molar-refractivity contribution in [3.63, 3.8) is 0 Å². The summed E-state index contributed by atoms with van der Waals surface area (Å²) in [6, 6.07) is 5.74. The van der Waals surface area contributed by atoms with E-state index in [2.05, 4.69) is 17.2 Å². The molecule has 0 saturated carbocycles. The highest BCUT2D eigenvalue weighted by molar-refractivity contribution is 8.00. The number of thioether (sulfide) groups is 1. The average Bonchev–Trinajstić information content (AvgIpc) is 2.95. The van der Waals surface area contributed by atoms with Crippen molar-refractivity contribution in [2.45, 2.75) is 31.4 Å². The largest absolute Gasteiger partial charge is 0.395 e. The molecule has 1 aromatic rings. The van der Waals surface area contributed by atoms with E-state index in [-0.39, 0.29) is 17.8 Å². The van der Waals surface area contributed by atoms with E-state index in [1.807, 2.05) is 25.1 Å². The standard InChI is InChI=1S/C16H19NO2S/c1-12-11-14(8-7-13(12)5-2-3-9-18)17-16(19)15-6-4-10-20-15/h7-8,11,15,18H,3-4,6,9-10H2,1H3,(H,17,19). The molecule has 0 aromatic heterocycles. The van der Waals surface area contributed by atoms with Gasteiger partial charge in [0.2, 0.25) is 5.91 Å². The average molecular weight is 289 g/mol. The first-order valence-corrected chi connectivity index (χ1v) is 7.88. The van der Waals surface area contributed by atoms with Gasteiger partial charge in [-0.05, 0) is 49.3 Å². The van der Waals surface area contributed by atoms with Crippen LogP contribution in [0.4, 0.5) is 5.69 Å². The number of carbonyl (C=O) groups is 1. The van der Waals surface area contributed by atoms with Crippen molar-refractivity contribution in [3.05, 3.63) is 29.3 Å². The first-order chi connectivity index (χ1) is 9.70. The van der Waals surface area contributed by atoms with Crippen LogP contribution in [-0.2, 0) is 4.79 Å². The maximum absolute atomic E-state index is 12.0. The van der Waals surface area contributed by atoms with Crippen LogP contribution in [0.25, 0.3) is 0 Å². The van der Waals surface area contributed by atoms with Crippen molar-refractivity contribution in [3.8, 4) is 11.8 Å². The van der Waals surface area contributed by atoms with E-state index >= 15 is 0 Å². The van der Waals surface area contributed by atoms with Gasteiger partial charge in [0.25, 0.3) is 0 Å². The van der Waals surface area contributed by atoms with Crippen molar-refractivity contribution < 1.29 is 9.90 Å². The van der Waals surface area contributed by atoms with Gasteiger partial charge in [0.05, 0.1) is 11.9 Å². The predicted octanol–water partition coefficient (Wildman–Crippen LogP) is 2.56. The SMILES string of the molecule is Cc1cc(NC(=O)C2CCCS2)ccc1C#CCCO. The lowest BCUT2D eigenvalue weighted by atomic mass is 10.1. The normalized spacial score (nSPS) is 17.4. The van der Waals surface area contributed by atoms with E-state index in [1.54, 1.807) is 11.8 Å². The van der Waals surface area contributed by atoms with Gasteiger partial charge in [0, 0.05) is 17.7 Å². The molecule has 1 amide bonds.